The fraction of sp³-hybridized carbons (Fsp3) is 0.400. The number of benzene rings is 1. The lowest BCUT2D eigenvalue weighted by molar-refractivity contribution is -0.144. The Labute approximate surface area is 141 Å². The summed E-state index contributed by atoms with van der Waals surface area (Å²) in [5, 5.41) is 10.3. The van der Waals surface area contributed by atoms with Gasteiger partial charge in [0.15, 0.2) is 6.04 Å². The second-order valence-electron chi connectivity index (χ2n) is 4.86. The number of aliphatic hydroxyl groups is 1. The van der Waals surface area contributed by atoms with Crippen molar-refractivity contribution in [3.05, 3.63) is 23.2 Å². The van der Waals surface area contributed by atoms with Crippen molar-refractivity contribution in [2.75, 3.05) is 26.1 Å². The molecule has 0 amide bonds. The summed E-state index contributed by atoms with van der Waals surface area (Å²) in [6.07, 6.45) is 0.446. The fourth-order valence-corrected chi connectivity index (χ4v) is 4.15. The highest BCUT2D eigenvalue weighted by atomic mass is 32.2. The monoisotopic (exact) mass is 352 g/mol. The number of thiazole rings is 1. The molecule has 1 atom stereocenters. The molecule has 1 aliphatic rings. The summed E-state index contributed by atoms with van der Waals surface area (Å²) in [6, 6.07) is 5.23. The van der Waals surface area contributed by atoms with Crippen LogP contribution in [0.2, 0.25) is 0 Å². The second-order valence-corrected chi connectivity index (χ2v) is 6.90. The van der Waals surface area contributed by atoms with E-state index < -0.39 is 6.04 Å². The molecular weight excluding hydrogens is 336 g/mol. The van der Waals surface area contributed by atoms with Gasteiger partial charge in [0.05, 0.1) is 23.9 Å². The van der Waals surface area contributed by atoms with Crippen molar-refractivity contribution in [3.8, 4) is 5.75 Å². The summed E-state index contributed by atoms with van der Waals surface area (Å²) in [4.78, 5) is 20.9. The lowest BCUT2D eigenvalue weighted by Gasteiger charge is -2.05. The highest BCUT2D eigenvalue weighted by Gasteiger charge is 2.28. The number of aromatic nitrogens is 1. The van der Waals surface area contributed by atoms with Crippen LogP contribution in [-0.2, 0) is 9.53 Å². The van der Waals surface area contributed by atoms with Crippen molar-refractivity contribution in [2.24, 2.45) is 4.99 Å². The first-order valence-electron chi connectivity index (χ1n) is 7.14. The number of thioether (sulfide) groups is 1. The topological polar surface area (TPSA) is 81.0 Å². The number of hydrogen-bond donors (Lipinski definition) is 1. The zero-order chi connectivity index (χ0) is 16.2. The Morgan fingerprint density at radius 3 is 3.13 bits per heavy atom. The van der Waals surface area contributed by atoms with Crippen LogP contribution in [0.15, 0.2) is 23.2 Å². The van der Waals surface area contributed by atoms with E-state index in [1.807, 2.05) is 18.2 Å². The molecule has 8 heteroatoms. The predicted molar refractivity (Wildman–Crippen MR) is 91.6 cm³/mol. The van der Waals surface area contributed by atoms with E-state index in [1.54, 1.807) is 7.11 Å². The average molecular weight is 352 g/mol. The first-order valence-corrected chi connectivity index (χ1v) is 8.94. The minimum Gasteiger partial charge on any atom is -0.497 e. The van der Waals surface area contributed by atoms with Crippen molar-refractivity contribution < 1.29 is 19.4 Å². The molecule has 1 aliphatic heterocycles. The van der Waals surface area contributed by atoms with Gasteiger partial charge in [-0.15, -0.1) is 23.1 Å². The van der Waals surface area contributed by atoms with Crippen molar-refractivity contribution in [1.82, 2.24) is 4.98 Å². The number of carbonyl (C=O) groups is 1. The van der Waals surface area contributed by atoms with Crippen molar-refractivity contribution in [3.63, 3.8) is 0 Å². The number of aliphatic hydroxyl groups excluding tert-OH is 1. The average Bonchev–Trinajstić information content (AvgIpc) is 3.20. The van der Waals surface area contributed by atoms with E-state index >= 15 is 0 Å². The van der Waals surface area contributed by atoms with Gasteiger partial charge < -0.3 is 14.6 Å². The minimum absolute atomic E-state index is 0.0103. The molecule has 2 heterocycles. The van der Waals surface area contributed by atoms with Crippen LogP contribution in [0.3, 0.4) is 0 Å². The third-order valence-electron chi connectivity index (χ3n) is 3.25. The largest absolute Gasteiger partial charge is 0.497 e. The molecule has 2 aromatic rings. The van der Waals surface area contributed by atoms with Crippen LogP contribution in [0.1, 0.15) is 11.4 Å². The van der Waals surface area contributed by atoms with Crippen LogP contribution in [0, 0.1) is 0 Å². The molecular formula is C15H16N2O4S2. The molecule has 0 unspecified atom stereocenters. The Hall–Kier alpha value is -1.64. The number of aliphatic imine (C=N–C) groups is 1. The molecule has 23 heavy (non-hydrogen) atoms. The highest BCUT2D eigenvalue weighted by molar-refractivity contribution is 8.15. The number of hydrogen-bond acceptors (Lipinski definition) is 8. The SMILES string of the molecule is COc1ccc2nc(C3=N[C@@H](C(=O)OCCCO)CS3)sc2c1. The Morgan fingerprint density at radius 2 is 2.35 bits per heavy atom. The van der Waals surface area contributed by atoms with Crippen LogP contribution in [0.25, 0.3) is 10.2 Å². The van der Waals surface area contributed by atoms with Crippen LogP contribution in [-0.4, -0.2) is 53.2 Å². The van der Waals surface area contributed by atoms with E-state index in [1.165, 1.54) is 23.1 Å². The summed E-state index contributed by atoms with van der Waals surface area (Å²) in [5.74, 6) is 1.01. The second kappa shape index (κ2) is 7.29. The Morgan fingerprint density at radius 1 is 1.48 bits per heavy atom. The van der Waals surface area contributed by atoms with Gasteiger partial charge in [0.25, 0.3) is 0 Å². The maximum absolute atomic E-state index is 11.9. The molecule has 0 saturated carbocycles. The van der Waals surface area contributed by atoms with Gasteiger partial charge >= 0.3 is 5.97 Å². The number of esters is 1. The summed E-state index contributed by atoms with van der Waals surface area (Å²) >= 11 is 3.04. The van der Waals surface area contributed by atoms with E-state index in [0.29, 0.717) is 12.2 Å². The number of methoxy groups -OCH3 is 1. The minimum atomic E-state index is -0.491. The van der Waals surface area contributed by atoms with E-state index in [9.17, 15) is 4.79 Å². The van der Waals surface area contributed by atoms with Gasteiger partial charge in [0.2, 0.25) is 0 Å². The summed E-state index contributed by atoms with van der Waals surface area (Å²) in [5.41, 5.74) is 0.892. The molecule has 0 saturated heterocycles. The number of nitrogens with zero attached hydrogens (tertiary/aromatic N) is 2. The van der Waals surface area contributed by atoms with Gasteiger partial charge in [-0.2, -0.15) is 0 Å². The van der Waals surface area contributed by atoms with Gasteiger partial charge in [-0.3, -0.25) is 4.99 Å². The predicted octanol–water partition coefficient (Wildman–Crippen LogP) is 2.09. The van der Waals surface area contributed by atoms with Gasteiger partial charge in [0, 0.05) is 18.8 Å². The first-order chi connectivity index (χ1) is 11.2. The quantitative estimate of drug-likeness (QED) is 0.633. The van der Waals surface area contributed by atoms with Crippen LogP contribution >= 0.6 is 23.1 Å². The molecule has 0 aliphatic carbocycles. The first kappa shape index (κ1) is 16.2. The van der Waals surface area contributed by atoms with Crippen molar-refractivity contribution in [2.45, 2.75) is 12.5 Å². The van der Waals surface area contributed by atoms with Crippen LogP contribution in [0.4, 0.5) is 0 Å². The molecule has 0 fully saturated rings. The maximum atomic E-state index is 11.9. The third-order valence-corrected chi connectivity index (χ3v) is 5.46. The molecule has 122 valence electrons. The van der Waals surface area contributed by atoms with Crippen molar-refractivity contribution >= 4 is 44.3 Å². The lowest BCUT2D eigenvalue weighted by Crippen LogP contribution is -2.22. The third kappa shape index (κ3) is 3.65. The Balaban J connectivity index is 1.74. The summed E-state index contributed by atoms with van der Waals surface area (Å²) in [7, 11) is 1.63. The number of ether oxygens (including phenoxy) is 2. The fourth-order valence-electron chi connectivity index (χ4n) is 2.07. The van der Waals surface area contributed by atoms with Gasteiger partial charge in [-0.1, -0.05) is 0 Å². The van der Waals surface area contributed by atoms with E-state index in [4.69, 9.17) is 14.6 Å². The molecule has 3 rings (SSSR count). The number of rotatable bonds is 6. The van der Waals surface area contributed by atoms with E-state index in [-0.39, 0.29) is 19.2 Å². The van der Waals surface area contributed by atoms with Crippen molar-refractivity contribution in [1.29, 1.82) is 0 Å². The van der Waals surface area contributed by atoms with Crippen LogP contribution < -0.4 is 4.74 Å². The maximum Gasteiger partial charge on any atom is 0.331 e. The van der Waals surface area contributed by atoms with Gasteiger partial charge in [-0.25, -0.2) is 9.78 Å². The highest BCUT2D eigenvalue weighted by Crippen LogP contribution is 2.31. The Kier molecular flexibility index (Phi) is 5.14. The zero-order valence-electron chi connectivity index (χ0n) is 12.5. The van der Waals surface area contributed by atoms with Gasteiger partial charge in [-0.05, 0) is 18.2 Å². The molecule has 6 nitrogen and oxygen atoms in total. The smallest absolute Gasteiger partial charge is 0.331 e. The van der Waals surface area contributed by atoms with Crippen LogP contribution in [0.5, 0.6) is 5.75 Å². The van der Waals surface area contributed by atoms with E-state index in [0.717, 1.165) is 26.0 Å². The normalized spacial score (nSPS) is 17.3. The summed E-state index contributed by atoms with van der Waals surface area (Å²) < 4.78 is 11.3. The molecule has 1 N–H and O–H groups in total. The molecule has 1 aromatic heterocycles. The number of fused-ring (bicyclic) bond motifs is 1. The molecule has 1 aromatic carbocycles. The molecule has 0 spiro atoms. The summed E-state index contributed by atoms with van der Waals surface area (Å²) in [6.45, 7) is 0.235. The molecule has 0 radical (unpaired) electrons. The lowest BCUT2D eigenvalue weighted by atomic mass is 10.3. The Bertz CT molecular complexity index is 744. The standard InChI is InChI=1S/C15H16N2O4S2/c1-20-9-3-4-10-12(7-9)23-14(16-10)13-17-11(8-22-13)15(19)21-6-2-5-18/h3-4,7,11,18H,2,5-6,8H2,1H3/t11-/m1/s1. The molecule has 0 bridgehead atoms. The van der Waals surface area contributed by atoms with Gasteiger partial charge in [0.1, 0.15) is 15.8 Å². The van der Waals surface area contributed by atoms with E-state index in [2.05, 4.69) is 9.98 Å². The zero-order valence-corrected chi connectivity index (χ0v) is 14.2. The number of carbonyl (C=O) groups excluding carboxylic acids is 1.